The van der Waals surface area contributed by atoms with Gasteiger partial charge in [-0.25, -0.2) is 0 Å². The molecule has 1 heteroatoms. The van der Waals surface area contributed by atoms with Gasteiger partial charge in [0.15, 0.2) is 0 Å². The molecule has 0 aliphatic rings. The van der Waals surface area contributed by atoms with Crippen molar-refractivity contribution < 1.29 is 0 Å². The van der Waals surface area contributed by atoms with Gasteiger partial charge in [-0.15, -0.1) is 0 Å². The predicted octanol–water partition coefficient (Wildman–Crippen LogP) is 2.76. The summed E-state index contributed by atoms with van der Waals surface area (Å²) in [5, 5.41) is 3.09. The summed E-state index contributed by atoms with van der Waals surface area (Å²) in [5.74, 6) is 0. The van der Waals surface area contributed by atoms with Gasteiger partial charge in [-0.1, -0.05) is 24.8 Å². The second kappa shape index (κ2) is 6.87. The quantitative estimate of drug-likeness (QED) is 0.606. The molecule has 0 fully saturated rings. The predicted molar refractivity (Wildman–Crippen MR) is 51.0 cm³/mol. The third kappa shape index (κ3) is 5.22. The Bertz CT molecular complexity index is 185. The molecule has 0 aromatic carbocycles. The maximum Gasteiger partial charge on any atom is 0.0376 e. The highest BCUT2D eigenvalue weighted by Gasteiger charge is 1.81. The van der Waals surface area contributed by atoms with Crippen LogP contribution in [0, 0.1) is 0 Å². The van der Waals surface area contributed by atoms with Crippen LogP contribution in [-0.2, 0) is 0 Å². The minimum absolute atomic E-state index is 1.04. The molecule has 60 valence electrons. The van der Waals surface area contributed by atoms with Crippen molar-refractivity contribution in [3.8, 4) is 0 Å². The van der Waals surface area contributed by atoms with Crippen LogP contribution in [0.5, 0.6) is 0 Å². The fourth-order valence-electron chi connectivity index (χ4n) is 0.638. The third-order valence-electron chi connectivity index (χ3n) is 1.06. The molecule has 0 saturated carbocycles. The molecule has 0 unspecified atom stereocenters. The highest BCUT2D eigenvalue weighted by molar-refractivity contribution is 5.22. The molecule has 0 heterocycles. The van der Waals surface area contributed by atoms with Gasteiger partial charge in [-0.05, 0) is 32.2 Å². The Kier molecular flexibility index (Phi) is 6.10. The summed E-state index contributed by atoms with van der Waals surface area (Å²) >= 11 is 0. The molecule has 1 nitrogen and oxygen atoms in total. The Labute approximate surface area is 68.8 Å². The van der Waals surface area contributed by atoms with Crippen LogP contribution in [0.1, 0.15) is 13.8 Å². The third-order valence-corrected chi connectivity index (χ3v) is 1.06. The van der Waals surface area contributed by atoms with Crippen molar-refractivity contribution in [2.45, 2.75) is 13.8 Å². The van der Waals surface area contributed by atoms with E-state index < -0.39 is 0 Å². The van der Waals surface area contributed by atoms with Crippen molar-refractivity contribution in [1.82, 2.24) is 5.32 Å². The largest absolute Gasteiger partial charge is 0.362 e. The fraction of sp³-hybridized carbons (Fsp3) is 0.200. The van der Waals surface area contributed by atoms with Crippen molar-refractivity contribution in [2.75, 3.05) is 0 Å². The molecular formula is C10H15N. The minimum Gasteiger partial charge on any atom is -0.362 e. The van der Waals surface area contributed by atoms with E-state index in [-0.39, 0.29) is 0 Å². The van der Waals surface area contributed by atoms with E-state index in [0.29, 0.717) is 0 Å². The lowest BCUT2D eigenvalue weighted by atomic mass is 10.3. The van der Waals surface area contributed by atoms with Gasteiger partial charge in [0.2, 0.25) is 0 Å². The molecule has 0 aliphatic heterocycles. The molecule has 0 amide bonds. The van der Waals surface area contributed by atoms with Crippen LogP contribution < -0.4 is 5.32 Å². The van der Waals surface area contributed by atoms with E-state index in [2.05, 4.69) is 11.9 Å². The van der Waals surface area contributed by atoms with E-state index >= 15 is 0 Å². The maximum atomic E-state index is 3.62. The van der Waals surface area contributed by atoms with Crippen LogP contribution in [0.25, 0.3) is 0 Å². The average Bonchev–Trinajstić information content (AvgIpc) is 2.01. The summed E-state index contributed by atoms with van der Waals surface area (Å²) in [4.78, 5) is 0. The van der Waals surface area contributed by atoms with Crippen molar-refractivity contribution in [3.63, 3.8) is 0 Å². The zero-order valence-corrected chi connectivity index (χ0v) is 7.17. The lowest BCUT2D eigenvalue weighted by Gasteiger charge is -1.98. The van der Waals surface area contributed by atoms with Gasteiger partial charge in [-0.2, -0.15) is 0 Å². The van der Waals surface area contributed by atoms with Gasteiger partial charge in [-0.3, -0.25) is 0 Å². The van der Waals surface area contributed by atoms with Crippen molar-refractivity contribution in [2.24, 2.45) is 0 Å². The highest BCUT2D eigenvalue weighted by Crippen LogP contribution is 1.91. The van der Waals surface area contributed by atoms with E-state index in [1.807, 2.05) is 44.4 Å². The lowest BCUT2D eigenvalue weighted by molar-refractivity contribution is 1.11. The SMILES string of the molecule is C=C/C=C(\C=C/C)N/C=C/C. The van der Waals surface area contributed by atoms with Crippen molar-refractivity contribution in [1.29, 1.82) is 0 Å². The smallest absolute Gasteiger partial charge is 0.0376 e. The summed E-state index contributed by atoms with van der Waals surface area (Å²) in [7, 11) is 0. The Morgan fingerprint density at radius 2 is 2.00 bits per heavy atom. The number of rotatable bonds is 4. The molecular weight excluding hydrogens is 134 g/mol. The molecule has 0 radical (unpaired) electrons. The standard InChI is InChI=1S/C10H15N/c1-4-7-10(8-5-2)11-9-6-3/h4-9,11H,1H2,2-3H3/b8-5-,9-6+,10-7+. The van der Waals surface area contributed by atoms with Gasteiger partial charge in [0.05, 0.1) is 0 Å². The molecule has 0 aromatic rings. The molecule has 1 N–H and O–H groups in total. The number of hydrogen-bond acceptors (Lipinski definition) is 1. The first kappa shape index (κ1) is 9.76. The van der Waals surface area contributed by atoms with E-state index in [1.54, 1.807) is 6.08 Å². The maximum absolute atomic E-state index is 3.62. The second-order valence-electron chi connectivity index (χ2n) is 2.00. The highest BCUT2D eigenvalue weighted by atomic mass is 14.8. The zero-order valence-electron chi connectivity index (χ0n) is 7.17. The lowest BCUT2D eigenvalue weighted by Crippen LogP contribution is -2.00. The van der Waals surface area contributed by atoms with Crippen LogP contribution >= 0.6 is 0 Å². The average molecular weight is 149 g/mol. The van der Waals surface area contributed by atoms with Crippen LogP contribution in [0.2, 0.25) is 0 Å². The molecule has 0 aliphatic carbocycles. The van der Waals surface area contributed by atoms with E-state index in [4.69, 9.17) is 0 Å². The molecule has 11 heavy (non-hydrogen) atoms. The zero-order chi connectivity index (χ0) is 8.53. The van der Waals surface area contributed by atoms with Crippen LogP contribution in [0.3, 0.4) is 0 Å². The summed E-state index contributed by atoms with van der Waals surface area (Å²) < 4.78 is 0. The summed E-state index contributed by atoms with van der Waals surface area (Å²) in [5.41, 5.74) is 1.04. The summed E-state index contributed by atoms with van der Waals surface area (Å²) in [6.07, 6.45) is 11.5. The molecule has 0 aromatic heterocycles. The molecule has 0 spiro atoms. The monoisotopic (exact) mass is 149 g/mol. The molecule has 0 rings (SSSR count). The van der Waals surface area contributed by atoms with E-state index in [9.17, 15) is 0 Å². The van der Waals surface area contributed by atoms with Gasteiger partial charge in [0, 0.05) is 5.70 Å². The first-order valence-corrected chi connectivity index (χ1v) is 3.68. The van der Waals surface area contributed by atoms with Gasteiger partial charge in [0.25, 0.3) is 0 Å². The van der Waals surface area contributed by atoms with Gasteiger partial charge < -0.3 is 5.32 Å². The second-order valence-corrected chi connectivity index (χ2v) is 2.00. The normalized spacial score (nSPS) is 12.7. The van der Waals surface area contributed by atoms with Crippen LogP contribution in [-0.4, -0.2) is 0 Å². The first-order chi connectivity index (χ1) is 5.35. The van der Waals surface area contributed by atoms with Crippen molar-refractivity contribution >= 4 is 0 Å². The fourth-order valence-corrected chi connectivity index (χ4v) is 0.638. The molecule has 0 saturated heterocycles. The van der Waals surface area contributed by atoms with E-state index in [1.165, 1.54) is 0 Å². The summed E-state index contributed by atoms with van der Waals surface area (Å²) in [6, 6.07) is 0. The Morgan fingerprint density at radius 1 is 1.27 bits per heavy atom. The van der Waals surface area contributed by atoms with Crippen LogP contribution in [0.4, 0.5) is 0 Å². The number of hydrogen-bond donors (Lipinski definition) is 1. The molecule has 0 atom stereocenters. The Morgan fingerprint density at radius 3 is 2.45 bits per heavy atom. The minimum atomic E-state index is 1.04. The Balaban J connectivity index is 4.10. The molecule has 0 bridgehead atoms. The van der Waals surface area contributed by atoms with Crippen LogP contribution in [0.15, 0.2) is 48.9 Å². The van der Waals surface area contributed by atoms with E-state index in [0.717, 1.165) is 5.70 Å². The summed E-state index contributed by atoms with van der Waals surface area (Å²) in [6.45, 7) is 7.56. The first-order valence-electron chi connectivity index (χ1n) is 3.68. The number of allylic oxidation sites excluding steroid dienone is 5. The van der Waals surface area contributed by atoms with Gasteiger partial charge >= 0.3 is 0 Å². The van der Waals surface area contributed by atoms with Gasteiger partial charge in [0.1, 0.15) is 0 Å². The number of nitrogens with one attached hydrogen (secondary N) is 1. The topological polar surface area (TPSA) is 12.0 Å². The Hall–Kier alpha value is -1.24. The van der Waals surface area contributed by atoms with Crippen molar-refractivity contribution in [3.05, 3.63) is 48.9 Å².